The largest absolute Gasteiger partial charge is 0.316 e. The summed E-state index contributed by atoms with van der Waals surface area (Å²) in [6.45, 7) is 6.32. The molecule has 78 valence electrons. The molecule has 0 radical (unpaired) electrons. The lowest BCUT2D eigenvalue weighted by Gasteiger charge is -2.24. The minimum absolute atomic E-state index is 0.218. The monoisotopic (exact) mass is 194 g/mol. The number of nitrogens with one attached hydrogen (secondary N) is 1. The zero-order valence-electron chi connectivity index (χ0n) is 9.17. The maximum Gasteiger partial charge on any atom is 0.147 e. The van der Waals surface area contributed by atoms with Crippen LogP contribution in [-0.4, -0.2) is 27.9 Å². The lowest BCUT2D eigenvalue weighted by atomic mass is 9.83. The molecule has 0 bridgehead atoms. The second-order valence-corrected chi connectivity index (χ2v) is 4.17. The van der Waals surface area contributed by atoms with E-state index in [1.165, 1.54) is 6.42 Å². The van der Waals surface area contributed by atoms with Crippen LogP contribution in [0, 0.1) is 6.92 Å². The fourth-order valence-corrected chi connectivity index (χ4v) is 2.37. The van der Waals surface area contributed by atoms with Crippen LogP contribution in [0.4, 0.5) is 0 Å². The van der Waals surface area contributed by atoms with Crippen LogP contribution in [0.3, 0.4) is 0 Å². The standard InChI is InChI=1S/C10H18N4/c1-4-10(5-6-11-7-10)9-12-8(2)13-14(9)3/h11H,4-7H2,1-3H3. The fraction of sp³-hybridized carbons (Fsp3) is 0.800. The normalized spacial score (nSPS) is 27.1. The van der Waals surface area contributed by atoms with E-state index in [-0.39, 0.29) is 5.41 Å². The van der Waals surface area contributed by atoms with Gasteiger partial charge >= 0.3 is 0 Å². The van der Waals surface area contributed by atoms with Crippen LogP contribution in [0.2, 0.25) is 0 Å². The molecule has 1 aromatic heterocycles. The third kappa shape index (κ3) is 1.34. The van der Waals surface area contributed by atoms with Crippen LogP contribution >= 0.6 is 0 Å². The lowest BCUT2D eigenvalue weighted by Crippen LogP contribution is -2.31. The number of hydrogen-bond acceptors (Lipinski definition) is 3. The van der Waals surface area contributed by atoms with Gasteiger partial charge in [0.05, 0.1) is 0 Å². The van der Waals surface area contributed by atoms with E-state index < -0.39 is 0 Å². The van der Waals surface area contributed by atoms with Gasteiger partial charge in [-0.25, -0.2) is 4.98 Å². The molecule has 0 amide bonds. The predicted octanol–water partition coefficient (Wildman–Crippen LogP) is 0.765. The highest BCUT2D eigenvalue weighted by molar-refractivity contribution is 5.13. The molecule has 1 atom stereocenters. The van der Waals surface area contributed by atoms with Crippen molar-refractivity contribution in [3.05, 3.63) is 11.6 Å². The van der Waals surface area contributed by atoms with E-state index in [1.807, 2.05) is 18.7 Å². The molecule has 0 aliphatic carbocycles. The minimum atomic E-state index is 0.218. The third-order valence-electron chi connectivity index (χ3n) is 3.26. The third-order valence-corrected chi connectivity index (χ3v) is 3.26. The van der Waals surface area contributed by atoms with Crippen molar-refractivity contribution < 1.29 is 0 Å². The molecule has 1 aliphatic heterocycles. The molecule has 1 fully saturated rings. The number of aryl methyl sites for hydroxylation is 2. The smallest absolute Gasteiger partial charge is 0.147 e. The first-order chi connectivity index (χ1) is 6.68. The molecule has 0 aromatic carbocycles. The summed E-state index contributed by atoms with van der Waals surface area (Å²) in [7, 11) is 1.99. The van der Waals surface area contributed by atoms with Gasteiger partial charge in [-0.1, -0.05) is 6.92 Å². The topological polar surface area (TPSA) is 42.7 Å². The quantitative estimate of drug-likeness (QED) is 0.756. The molecule has 4 nitrogen and oxygen atoms in total. The Bertz CT molecular complexity index is 323. The van der Waals surface area contributed by atoms with Crippen LogP contribution in [0.15, 0.2) is 0 Å². The van der Waals surface area contributed by atoms with Crippen LogP contribution in [0.25, 0.3) is 0 Å². The van der Waals surface area contributed by atoms with Gasteiger partial charge in [-0.05, 0) is 26.3 Å². The number of rotatable bonds is 2. The van der Waals surface area contributed by atoms with Crippen molar-refractivity contribution in [2.45, 2.75) is 32.1 Å². The number of hydrogen-bond donors (Lipinski definition) is 1. The summed E-state index contributed by atoms with van der Waals surface area (Å²) in [5.41, 5.74) is 0.218. The van der Waals surface area contributed by atoms with Gasteiger partial charge in [-0.3, -0.25) is 4.68 Å². The SMILES string of the molecule is CCC1(c2nc(C)nn2C)CCNC1. The fourth-order valence-electron chi connectivity index (χ4n) is 2.37. The highest BCUT2D eigenvalue weighted by Gasteiger charge is 2.37. The van der Waals surface area contributed by atoms with E-state index in [1.54, 1.807) is 0 Å². The Morgan fingerprint density at radius 3 is 2.79 bits per heavy atom. The summed E-state index contributed by atoms with van der Waals surface area (Å²) in [6, 6.07) is 0. The van der Waals surface area contributed by atoms with E-state index in [0.29, 0.717) is 0 Å². The van der Waals surface area contributed by atoms with Gasteiger partial charge < -0.3 is 5.32 Å². The molecule has 1 unspecified atom stereocenters. The molecule has 2 heterocycles. The first-order valence-corrected chi connectivity index (χ1v) is 5.27. The molecule has 1 aliphatic rings. The Morgan fingerprint density at radius 2 is 2.36 bits per heavy atom. The van der Waals surface area contributed by atoms with E-state index in [9.17, 15) is 0 Å². The summed E-state index contributed by atoms with van der Waals surface area (Å²) in [5, 5.41) is 7.74. The van der Waals surface area contributed by atoms with Crippen molar-refractivity contribution in [2.75, 3.05) is 13.1 Å². The predicted molar refractivity (Wildman–Crippen MR) is 55.2 cm³/mol. The van der Waals surface area contributed by atoms with Crippen LogP contribution in [0.1, 0.15) is 31.4 Å². The second-order valence-electron chi connectivity index (χ2n) is 4.17. The average Bonchev–Trinajstić information content (AvgIpc) is 2.73. The van der Waals surface area contributed by atoms with Gasteiger partial charge in [0.2, 0.25) is 0 Å². The molecule has 1 N–H and O–H groups in total. The van der Waals surface area contributed by atoms with Crippen LogP contribution in [-0.2, 0) is 12.5 Å². The summed E-state index contributed by atoms with van der Waals surface area (Å²) < 4.78 is 1.94. The first-order valence-electron chi connectivity index (χ1n) is 5.27. The molecule has 2 rings (SSSR count). The van der Waals surface area contributed by atoms with E-state index in [4.69, 9.17) is 0 Å². The van der Waals surface area contributed by atoms with Gasteiger partial charge in [0.25, 0.3) is 0 Å². The first kappa shape index (κ1) is 9.65. The summed E-state index contributed by atoms with van der Waals surface area (Å²) in [4.78, 5) is 4.55. The Morgan fingerprint density at radius 1 is 1.57 bits per heavy atom. The van der Waals surface area contributed by atoms with Gasteiger partial charge in [0.15, 0.2) is 0 Å². The maximum atomic E-state index is 4.55. The van der Waals surface area contributed by atoms with E-state index in [2.05, 4.69) is 22.3 Å². The van der Waals surface area contributed by atoms with Crippen molar-refractivity contribution in [2.24, 2.45) is 7.05 Å². The van der Waals surface area contributed by atoms with Crippen LogP contribution < -0.4 is 5.32 Å². The second kappa shape index (κ2) is 3.35. The van der Waals surface area contributed by atoms with Crippen molar-refractivity contribution in [1.82, 2.24) is 20.1 Å². The molecular formula is C10H18N4. The molecule has 14 heavy (non-hydrogen) atoms. The van der Waals surface area contributed by atoms with Gasteiger partial charge in [-0.2, -0.15) is 5.10 Å². The highest BCUT2D eigenvalue weighted by Crippen LogP contribution is 2.32. The van der Waals surface area contributed by atoms with Crippen molar-refractivity contribution in [3.8, 4) is 0 Å². The summed E-state index contributed by atoms with van der Waals surface area (Å²) in [5.74, 6) is 2.02. The summed E-state index contributed by atoms with van der Waals surface area (Å²) in [6.07, 6.45) is 2.31. The van der Waals surface area contributed by atoms with Gasteiger partial charge in [0, 0.05) is 19.0 Å². The Hall–Kier alpha value is -0.900. The van der Waals surface area contributed by atoms with Crippen molar-refractivity contribution in [1.29, 1.82) is 0 Å². The van der Waals surface area contributed by atoms with E-state index >= 15 is 0 Å². The zero-order chi connectivity index (χ0) is 10.2. The zero-order valence-corrected chi connectivity index (χ0v) is 9.17. The molecule has 4 heteroatoms. The average molecular weight is 194 g/mol. The molecule has 1 aromatic rings. The van der Waals surface area contributed by atoms with Gasteiger partial charge in [-0.15, -0.1) is 0 Å². The minimum Gasteiger partial charge on any atom is -0.316 e. The molecule has 0 spiro atoms. The molecule has 1 saturated heterocycles. The Kier molecular flexibility index (Phi) is 2.31. The Balaban J connectivity index is 2.40. The molecule has 0 saturated carbocycles. The Labute approximate surface area is 84.7 Å². The number of nitrogens with zero attached hydrogens (tertiary/aromatic N) is 3. The van der Waals surface area contributed by atoms with Crippen LogP contribution in [0.5, 0.6) is 0 Å². The molecular weight excluding hydrogens is 176 g/mol. The van der Waals surface area contributed by atoms with Crippen molar-refractivity contribution >= 4 is 0 Å². The van der Waals surface area contributed by atoms with E-state index in [0.717, 1.165) is 31.2 Å². The number of aromatic nitrogens is 3. The van der Waals surface area contributed by atoms with Gasteiger partial charge in [0.1, 0.15) is 11.6 Å². The maximum absolute atomic E-state index is 4.55. The highest BCUT2D eigenvalue weighted by atomic mass is 15.3. The summed E-state index contributed by atoms with van der Waals surface area (Å²) >= 11 is 0. The van der Waals surface area contributed by atoms with Crippen molar-refractivity contribution in [3.63, 3.8) is 0 Å². The lowest BCUT2D eigenvalue weighted by molar-refractivity contribution is 0.405.